The van der Waals surface area contributed by atoms with E-state index in [0.717, 1.165) is 17.1 Å². The molecule has 0 saturated carbocycles. The molecule has 2 rings (SSSR count). The van der Waals surface area contributed by atoms with Crippen molar-refractivity contribution in [3.05, 3.63) is 47.9 Å². The van der Waals surface area contributed by atoms with Crippen molar-refractivity contribution in [2.75, 3.05) is 0 Å². The summed E-state index contributed by atoms with van der Waals surface area (Å²) in [6.45, 7) is 6.64. The van der Waals surface area contributed by atoms with E-state index in [1.165, 1.54) is 5.56 Å². The van der Waals surface area contributed by atoms with E-state index < -0.39 is 0 Å². The molecule has 2 aromatic rings. The van der Waals surface area contributed by atoms with Crippen LogP contribution in [0, 0.1) is 0 Å². The molecule has 0 aliphatic rings. The van der Waals surface area contributed by atoms with Gasteiger partial charge in [0.15, 0.2) is 0 Å². The fourth-order valence-electron chi connectivity index (χ4n) is 1.78. The maximum absolute atomic E-state index is 4.47. The van der Waals surface area contributed by atoms with Crippen molar-refractivity contribution in [3.63, 3.8) is 0 Å². The molecular weight excluding hydrogens is 240 g/mol. The first-order valence-corrected chi connectivity index (χ1v) is 6.67. The average molecular weight is 258 g/mol. The summed E-state index contributed by atoms with van der Waals surface area (Å²) in [6, 6.07) is 10.5. The molecular formula is C15H18N2S. The second-order valence-electron chi connectivity index (χ2n) is 5.34. The van der Waals surface area contributed by atoms with Gasteiger partial charge in [0.2, 0.25) is 0 Å². The van der Waals surface area contributed by atoms with E-state index in [4.69, 9.17) is 0 Å². The quantitative estimate of drug-likeness (QED) is 0.827. The van der Waals surface area contributed by atoms with Gasteiger partial charge in [-0.1, -0.05) is 45.0 Å². The van der Waals surface area contributed by atoms with Gasteiger partial charge >= 0.3 is 0 Å². The van der Waals surface area contributed by atoms with Crippen LogP contribution in [0.2, 0.25) is 0 Å². The monoisotopic (exact) mass is 258 g/mol. The number of nitrogens with zero attached hydrogens (tertiary/aromatic N) is 2. The number of benzene rings is 1. The second-order valence-corrected chi connectivity index (χ2v) is 5.66. The van der Waals surface area contributed by atoms with Crippen molar-refractivity contribution in [1.29, 1.82) is 0 Å². The Morgan fingerprint density at radius 1 is 1.06 bits per heavy atom. The van der Waals surface area contributed by atoms with E-state index in [2.05, 4.69) is 67.6 Å². The van der Waals surface area contributed by atoms with Crippen LogP contribution in [-0.4, -0.2) is 9.97 Å². The van der Waals surface area contributed by atoms with Crippen molar-refractivity contribution in [3.8, 4) is 11.3 Å². The molecule has 1 heterocycles. The summed E-state index contributed by atoms with van der Waals surface area (Å²) in [4.78, 5) is 8.62. The summed E-state index contributed by atoms with van der Waals surface area (Å²) in [5.74, 6) is 1.32. The zero-order valence-corrected chi connectivity index (χ0v) is 11.9. The van der Waals surface area contributed by atoms with Gasteiger partial charge in [-0.15, -0.1) is 0 Å². The number of hydrogen-bond acceptors (Lipinski definition) is 3. The van der Waals surface area contributed by atoms with E-state index in [1.54, 1.807) is 6.20 Å². The summed E-state index contributed by atoms with van der Waals surface area (Å²) >= 11 is 4.20. The zero-order chi connectivity index (χ0) is 13.2. The standard InChI is InChI=1S/C15H18N2S/c1-15(2,3)12-6-4-11(5-7-12)13-8-9-16-14(10-18)17-13/h4-9,18H,10H2,1-3H3. The predicted octanol–water partition coefficient (Wildman–Crippen LogP) is 3.87. The Hall–Kier alpha value is -1.35. The Balaban J connectivity index is 2.34. The second kappa shape index (κ2) is 5.11. The first-order chi connectivity index (χ1) is 8.50. The van der Waals surface area contributed by atoms with Crippen LogP contribution in [0.25, 0.3) is 11.3 Å². The van der Waals surface area contributed by atoms with Crippen LogP contribution >= 0.6 is 12.6 Å². The van der Waals surface area contributed by atoms with Crippen LogP contribution in [-0.2, 0) is 11.2 Å². The highest BCUT2D eigenvalue weighted by Gasteiger charge is 2.13. The van der Waals surface area contributed by atoms with Gasteiger partial charge in [-0.2, -0.15) is 12.6 Å². The first kappa shape index (κ1) is 13.1. The third-order valence-corrected chi connectivity index (χ3v) is 3.18. The van der Waals surface area contributed by atoms with E-state index in [1.807, 2.05) is 6.07 Å². The fourth-order valence-corrected chi connectivity index (χ4v) is 1.93. The normalized spacial score (nSPS) is 11.6. The van der Waals surface area contributed by atoms with Crippen LogP contribution < -0.4 is 0 Å². The molecule has 0 amide bonds. The highest BCUT2D eigenvalue weighted by Crippen LogP contribution is 2.25. The third kappa shape index (κ3) is 2.91. The first-order valence-electron chi connectivity index (χ1n) is 6.04. The molecule has 18 heavy (non-hydrogen) atoms. The number of aromatic nitrogens is 2. The summed E-state index contributed by atoms with van der Waals surface area (Å²) < 4.78 is 0. The van der Waals surface area contributed by atoms with Crippen molar-refractivity contribution in [2.45, 2.75) is 31.9 Å². The van der Waals surface area contributed by atoms with Gasteiger partial charge in [-0.3, -0.25) is 0 Å². The number of thiol groups is 1. The Kier molecular flexibility index (Phi) is 3.71. The molecule has 0 unspecified atom stereocenters. The summed E-state index contributed by atoms with van der Waals surface area (Å²) in [7, 11) is 0. The molecule has 0 bridgehead atoms. The van der Waals surface area contributed by atoms with E-state index >= 15 is 0 Å². The van der Waals surface area contributed by atoms with Crippen LogP contribution in [0.1, 0.15) is 32.2 Å². The molecule has 1 aromatic carbocycles. The predicted molar refractivity (Wildman–Crippen MR) is 78.9 cm³/mol. The summed E-state index contributed by atoms with van der Waals surface area (Å²) in [5, 5.41) is 0. The topological polar surface area (TPSA) is 25.8 Å². The van der Waals surface area contributed by atoms with Gasteiger partial charge in [0.1, 0.15) is 5.82 Å². The molecule has 3 heteroatoms. The number of hydrogen-bond donors (Lipinski definition) is 1. The van der Waals surface area contributed by atoms with Gasteiger partial charge < -0.3 is 0 Å². The van der Waals surface area contributed by atoms with Crippen molar-refractivity contribution in [2.24, 2.45) is 0 Å². The lowest BCUT2D eigenvalue weighted by Gasteiger charge is -2.19. The van der Waals surface area contributed by atoms with E-state index in [-0.39, 0.29) is 5.41 Å². The maximum Gasteiger partial charge on any atom is 0.138 e. The van der Waals surface area contributed by atoms with Gasteiger partial charge in [-0.05, 0) is 17.0 Å². The largest absolute Gasteiger partial charge is 0.240 e. The summed E-state index contributed by atoms with van der Waals surface area (Å²) in [6.07, 6.45) is 1.78. The van der Waals surface area contributed by atoms with Crippen LogP contribution in [0.15, 0.2) is 36.5 Å². The lowest BCUT2D eigenvalue weighted by Crippen LogP contribution is -2.10. The molecule has 94 valence electrons. The van der Waals surface area contributed by atoms with Gasteiger partial charge in [0, 0.05) is 11.8 Å². The highest BCUT2D eigenvalue weighted by atomic mass is 32.1. The fraction of sp³-hybridized carbons (Fsp3) is 0.333. The van der Waals surface area contributed by atoms with E-state index in [0.29, 0.717) is 5.75 Å². The van der Waals surface area contributed by atoms with Gasteiger partial charge in [0.25, 0.3) is 0 Å². The SMILES string of the molecule is CC(C)(C)c1ccc(-c2ccnc(CS)n2)cc1. The Bertz CT molecular complexity index is 527. The van der Waals surface area contributed by atoms with Crippen molar-refractivity contribution >= 4 is 12.6 Å². The van der Waals surface area contributed by atoms with Crippen molar-refractivity contribution < 1.29 is 0 Å². The molecule has 0 aliphatic heterocycles. The van der Waals surface area contributed by atoms with Crippen molar-refractivity contribution in [1.82, 2.24) is 9.97 Å². The minimum absolute atomic E-state index is 0.181. The molecule has 0 fully saturated rings. The Morgan fingerprint density at radius 2 is 1.72 bits per heavy atom. The molecule has 0 spiro atoms. The molecule has 0 saturated heterocycles. The van der Waals surface area contributed by atoms with Gasteiger partial charge in [-0.25, -0.2) is 9.97 Å². The van der Waals surface area contributed by atoms with Crippen LogP contribution in [0.3, 0.4) is 0 Å². The average Bonchev–Trinajstić information content (AvgIpc) is 2.38. The smallest absolute Gasteiger partial charge is 0.138 e. The zero-order valence-electron chi connectivity index (χ0n) is 11.0. The molecule has 0 aliphatic carbocycles. The van der Waals surface area contributed by atoms with E-state index in [9.17, 15) is 0 Å². The maximum atomic E-state index is 4.47. The Morgan fingerprint density at radius 3 is 2.28 bits per heavy atom. The third-order valence-electron chi connectivity index (χ3n) is 2.89. The molecule has 0 radical (unpaired) electrons. The minimum Gasteiger partial charge on any atom is -0.240 e. The Labute approximate surface area is 114 Å². The molecule has 2 nitrogen and oxygen atoms in total. The van der Waals surface area contributed by atoms with Gasteiger partial charge in [0.05, 0.1) is 11.4 Å². The number of rotatable bonds is 2. The molecule has 1 aromatic heterocycles. The summed E-state index contributed by atoms with van der Waals surface area (Å²) in [5.41, 5.74) is 3.58. The molecule has 0 N–H and O–H groups in total. The lowest BCUT2D eigenvalue weighted by molar-refractivity contribution is 0.590. The highest BCUT2D eigenvalue weighted by molar-refractivity contribution is 7.79. The van der Waals surface area contributed by atoms with Crippen LogP contribution in [0.5, 0.6) is 0 Å². The molecule has 0 atom stereocenters. The lowest BCUT2D eigenvalue weighted by atomic mass is 9.86. The van der Waals surface area contributed by atoms with Crippen LogP contribution in [0.4, 0.5) is 0 Å². The minimum atomic E-state index is 0.181.